The third kappa shape index (κ3) is 3.84. The van der Waals surface area contributed by atoms with Gasteiger partial charge in [0.25, 0.3) is 5.91 Å². The van der Waals surface area contributed by atoms with Crippen molar-refractivity contribution >= 4 is 11.9 Å². The predicted octanol–water partition coefficient (Wildman–Crippen LogP) is 1.72. The first-order chi connectivity index (χ1) is 12.6. The van der Waals surface area contributed by atoms with E-state index in [-0.39, 0.29) is 19.9 Å². The molecule has 26 heavy (non-hydrogen) atoms. The molecule has 0 radical (unpaired) electrons. The van der Waals surface area contributed by atoms with Gasteiger partial charge in [0, 0.05) is 17.7 Å². The van der Waals surface area contributed by atoms with Crippen LogP contribution in [0.2, 0.25) is 0 Å². The zero-order valence-corrected chi connectivity index (χ0v) is 13.9. The highest BCUT2D eigenvalue weighted by atomic mass is 16.7. The van der Waals surface area contributed by atoms with E-state index < -0.39 is 23.9 Å². The van der Waals surface area contributed by atoms with E-state index in [0.29, 0.717) is 22.4 Å². The van der Waals surface area contributed by atoms with E-state index in [4.69, 9.17) is 9.47 Å². The Bertz CT molecular complexity index is 792. The normalized spacial score (nSPS) is 15.3. The maximum Gasteiger partial charge on any atom is 0.311 e. The van der Waals surface area contributed by atoms with Crippen molar-refractivity contribution in [3.63, 3.8) is 0 Å². The van der Waals surface area contributed by atoms with Crippen LogP contribution in [0.25, 0.3) is 0 Å². The monoisotopic (exact) mass is 357 g/mol. The van der Waals surface area contributed by atoms with Crippen molar-refractivity contribution in [2.75, 3.05) is 13.3 Å². The Kier molecular flexibility index (Phi) is 5.50. The lowest BCUT2D eigenvalue weighted by molar-refractivity contribution is -0.145. The molecule has 3 rings (SSSR count). The number of aliphatic hydroxyl groups excluding tert-OH is 1. The minimum Gasteiger partial charge on any atom is -0.481 e. The number of amides is 1. The van der Waals surface area contributed by atoms with E-state index >= 15 is 0 Å². The van der Waals surface area contributed by atoms with Crippen LogP contribution in [0, 0.1) is 5.92 Å². The van der Waals surface area contributed by atoms with Gasteiger partial charge in [-0.3, -0.25) is 9.59 Å². The fourth-order valence-electron chi connectivity index (χ4n) is 2.84. The van der Waals surface area contributed by atoms with Gasteiger partial charge in [-0.2, -0.15) is 0 Å². The Morgan fingerprint density at radius 1 is 1.12 bits per heavy atom. The van der Waals surface area contributed by atoms with Gasteiger partial charge in [-0.1, -0.05) is 30.3 Å². The number of hydrogen-bond donors (Lipinski definition) is 3. The van der Waals surface area contributed by atoms with Crippen molar-refractivity contribution in [3.05, 3.63) is 65.2 Å². The third-order valence-corrected chi connectivity index (χ3v) is 4.25. The number of hydrogen-bond acceptors (Lipinski definition) is 5. The Labute approximate surface area is 150 Å². The molecule has 0 spiro atoms. The van der Waals surface area contributed by atoms with Crippen LogP contribution < -0.4 is 10.1 Å². The average molecular weight is 357 g/mol. The average Bonchev–Trinajstić information content (AvgIpc) is 2.67. The summed E-state index contributed by atoms with van der Waals surface area (Å²) in [4.78, 5) is 23.8. The predicted molar refractivity (Wildman–Crippen MR) is 91.6 cm³/mol. The van der Waals surface area contributed by atoms with Gasteiger partial charge in [-0.05, 0) is 23.8 Å². The molecule has 1 amide bonds. The summed E-state index contributed by atoms with van der Waals surface area (Å²) in [5, 5.41) is 22.7. The summed E-state index contributed by atoms with van der Waals surface area (Å²) in [6, 6.07) is 13.5. The van der Waals surface area contributed by atoms with Crippen molar-refractivity contribution in [2.45, 2.75) is 12.7 Å². The van der Waals surface area contributed by atoms with Crippen LogP contribution in [0.5, 0.6) is 5.75 Å². The highest BCUT2D eigenvalue weighted by Gasteiger charge is 2.31. The molecule has 2 unspecified atom stereocenters. The third-order valence-electron chi connectivity index (χ3n) is 4.25. The fraction of sp³-hybridized carbons (Fsp3) is 0.263. The summed E-state index contributed by atoms with van der Waals surface area (Å²) in [7, 11) is 0. The Morgan fingerprint density at radius 2 is 1.88 bits per heavy atom. The lowest BCUT2D eigenvalue weighted by Gasteiger charge is -2.25. The molecule has 2 aromatic carbocycles. The summed E-state index contributed by atoms with van der Waals surface area (Å²) in [6.45, 7) is 0.128. The summed E-state index contributed by atoms with van der Waals surface area (Å²) >= 11 is 0. The Balaban J connectivity index is 1.76. The molecule has 1 aliphatic heterocycles. The molecule has 2 atom stereocenters. The number of aliphatic hydroxyl groups is 1. The number of carbonyl (C=O) groups is 2. The van der Waals surface area contributed by atoms with E-state index in [1.807, 2.05) is 0 Å². The van der Waals surface area contributed by atoms with Crippen LogP contribution in [0.15, 0.2) is 48.5 Å². The standard InChI is InChI=1S/C19H19NO6/c21-17(13-7-4-8-16-15(13)10-25-11-26-16)14(19(23)24)9-20-18(22)12-5-2-1-3-6-12/h1-8,14,17,21H,9-11H2,(H,20,22)(H,23,24). The fourth-order valence-corrected chi connectivity index (χ4v) is 2.84. The maximum absolute atomic E-state index is 12.1. The number of carbonyl (C=O) groups excluding carboxylic acids is 1. The van der Waals surface area contributed by atoms with Crippen LogP contribution >= 0.6 is 0 Å². The molecule has 0 saturated heterocycles. The molecule has 1 aliphatic rings. The molecular formula is C19H19NO6. The van der Waals surface area contributed by atoms with E-state index in [2.05, 4.69) is 5.32 Å². The van der Waals surface area contributed by atoms with E-state index in [0.717, 1.165) is 0 Å². The maximum atomic E-state index is 12.1. The Hall–Kier alpha value is -2.90. The SMILES string of the molecule is O=C(NCC(C(=O)O)C(O)c1cccc2c1COCO2)c1ccccc1. The molecule has 0 fully saturated rings. The first kappa shape index (κ1) is 17.9. The molecule has 0 bridgehead atoms. The van der Waals surface area contributed by atoms with Crippen LogP contribution in [0.4, 0.5) is 0 Å². The molecule has 136 valence electrons. The van der Waals surface area contributed by atoms with Crippen molar-refractivity contribution in [3.8, 4) is 5.75 Å². The second kappa shape index (κ2) is 7.99. The van der Waals surface area contributed by atoms with E-state index in [9.17, 15) is 19.8 Å². The quantitative estimate of drug-likeness (QED) is 0.727. The molecule has 7 nitrogen and oxygen atoms in total. The summed E-state index contributed by atoms with van der Waals surface area (Å²) in [6.07, 6.45) is -1.32. The smallest absolute Gasteiger partial charge is 0.311 e. The number of carboxylic acid groups (broad SMARTS) is 1. The van der Waals surface area contributed by atoms with E-state index in [1.165, 1.54) is 0 Å². The molecular weight excluding hydrogens is 338 g/mol. The number of benzene rings is 2. The summed E-state index contributed by atoms with van der Waals surface area (Å²) in [5.74, 6) is -2.26. The van der Waals surface area contributed by atoms with Crippen LogP contribution in [0.3, 0.4) is 0 Å². The lowest BCUT2D eigenvalue weighted by atomic mass is 9.91. The molecule has 3 N–H and O–H groups in total. The molecule has 0 aliphatic carbocycles. The second-order valence-electron chi connectivity index (χ2n) is 5.90. The largest absolute Gasteiger partial charge is 0.481 e. The number of ether oxygens (including phenoxy) is 2. The number of rotatable bonds is 6. The highest BCUT2D eigenvalue weighted by Crippen LogP contribution is 2.33. The number of nitrogens with one attached hydrogen (secondary N) is 1. The van der Waals surface area contributed by atoms with Gasteiger partial charge in [-0.25, -0.2) is 0 Å². The zero-order chi connectivity index (χ0) is 18.5. The first-order valence-electron chi connectivity index (χ1n) is 8.14. The van der Waals surface area contributed by atoms with Gasteiger partial charge < -0.3 is 25.0 Å². The highest BCUT2D eigenvalue weighted by molar-refractivity contribution is 5.94. The summed E-state index contributed by atoms with van der Waals surface area (Å²) < 4.78 is 10.6. The van der Waals surface area contributed by atoms with Crippen LogP contribution in [-0.4, -0.2) is 35.4 Å². The topological polar surface area (TPSA) is 105 Å². The Morgan fingerprint density at radius 3 is 2.62 bits per heavy atom. The van der Waals surface area contributed by atoms with Gasteiger partial charge in [0.2, 0.25) is 0 Å². The van der Waals surface area contributed by atoms with Crippen molar-refractivity contribution in [1.29, 1.82) is 0 Å². The van der Waals surface area contributed by atoms with Gasteiger partial charge in [0.15, 0.2) is 6.79 Å². The van der Waals surface area contributed by atoms with Crippen LogP contribution in [-0.2, 0) is 16.1 Å². The van der Waals surface area contributed by atoms with Gasteiger partial charge >= 0.3 is 5.97 Å². The van der Waals surface area contributed by atoms with Gasteiger partial charge in [0.1, 0.15) is 11.7 Å². The molecule has 0 saturated carbocycles. The second-order valence-corrected chi connectivity index (χ2v) is 5.90. The van der Waals surface area contributed by atoms with Crippen molar-refractivity contribution in [2.24, 2.45) is 5.92 Å². The number of aliphatic carboxylic acids is 1. The minimum absolute atomic E-state index is 0.113. The number of fused-ring (bicyclic) bond motifs is 1. The lowest BCUT2D eigenvalue weighted by Crippen LogP contribution is -2.36. The zero-order valence-electron chi connectivity index (χ0n) is 13.9. The minimum atomic E-state index is -1.32. The van der Waals surface area contributed by atoms with Crippen molar-refractivity contribution < 1.29 is 29.3 Å². The van der Waals surface area contributed by atoms with Gasteiger partial charge in [-0.15, -0.1) is 0 Å². The first-order valence-corrected chi connectivity index (χ1v) is 8.14. The molecule has 2 aromatic rings. The van der Waals surface area contributed by atoms with Crippen molar-refractivity contribution in [1.82, 2.24) is 5.32 Å². The summed E-state index contributed by atoms with van der Waals surface area (Å²) in [5.41, 5.74) is 1.46. The molecule has 0 aromatic heterocycles. The van der Waals surface area contributed by atoms with Crippen LogP contribution in [0.1, 0.15) is 27.6 Å². The van der Waals surface area contributed by atoms with E-state index in [1.54, 1.807) is 48.5 Å². The van der Waals surface area contributed by atoms with Gasteiger partial charge in [0.05, 0.1) is 12.7 Å². The number of carboxylic acids is 1. The molecule has 1 heterocycles. The molecule has 7 heteroatoms.